The first-order valence-electron chi connectivity index (χ1n) is 7.47. The average molecular weight is 296 g/mol. The van der Waals surface area contributed by atoms with Crippen molar-refractivity contribution in [2.24, 2.45) is 0 Å². The summed E-state index contributed by atoms with van der Waals surface area (Å²) in [5.41, 5.74) is 1.94. The van der Waals surface area contributed by atoms with E-state index in [0.29, 0.717) is 6.54 Å². The van der Waals surface area contributed by atoms with Crippen LogP contribution in [0.1, 0.15) is 24.0 Å². The number of carbonyl (C=O) groups excluding carboxylic acids is 1. The first kappa shape index (κ1) is 14.4. The number of benzene rings is 2. The van der Waals surface area contributed by atoms with Crippen molar-refractivity contribution >= 4 is 6.03 Å². The van der Waals surface area contributed by atoms with Crippen LogP contribution >= 0.6 is 0 Å². The fourth-order valence-electron chi connectivity index (χ4n) is 2.65. The Morgan fingerprint density at radius 1 is 1.09 bits per heavy atom. The molecule has 0 saturated heterocycles. The van der Waals surface area contributed by atoms with E-state index in [2.05, 4.69) is 22.8 Å². The SMILES string of the molecule is COc1ccccc1CNC(=O)NC1(c2ccccc2)CC1. The number of para-hydroxylation sites is 1. The van der Waals surface area contributed by atoms with Gasteiger partial charge in [-0.15, -0.1) is 0 Å². The van der Waals surface area contributed by atoms with Crippen molar-refractivity contribution in [1.82, 2.24) is 10.6 Å². The largest absolute Gasteiger partial charge is 0.496 e. The summed E-state index contributed by atoms with van der Waals surface area (Å²) in [6, 6.07) is 17.7. The summed E-state index contributed by atoms with van der Waals surface area (Å²) < 4.78 is 5.29. The summed E-state index contributed by atoms with van der Waals surface area (Å²) in [7, 11) is 1.63. The normalized spacial score (nSPS) is 15.0. The molecule has 114 valence electrons. The highest BCUT2D eigenvalue weighted by Gasteiger charge is 2.45. The Kier molecular flexibility index (Phi) is 4.00. The second kappa shape index (κ2) is 6.10. The molecule has 1 saturated carbocycles. The molecule has 3 rings (SSSR count). The minimum atomic E-state index is -0.188. The van der Waals surface area contributed by atoms with Crippen LogP contribution in [0.3, 0.4) is 0 Å². The third-order valence-corrected chi connectivity index (χ3v) is 4.06. The Hall–Kier alpha value is -2.49. The number of hydrogen-bond donors (Lipinski definition) is 2. The van der Waals surface area contributed by atoms with Gasteiger partial charge in [-0.2, -0.15) is 0 Å². The first-order valence-corrected chi connectivity index (χ1v) is 7.47. The van der Waals surface area contributed by atoms with Crippen molar-refractivity contribution in [2.75, 3.05) is 7.11 Å². The van der Waals surface area contributed by atoms with E-state index >= 15 is 0 Å². The van der Waals surface area contributed by atoms with Gasteiger partial charge >= 0.3 is 6.03 Å². The number of ether oxygens (including phenoxy) is 1. The molecule has 0 bridgehead atoms. The van der Waals surface area contributed by atoms with Crippen LogP contribution in [0.5, 0.6) is 5.75 Å². The lowest BCUT2D eigenvalue weighted by Gasteiger charge is -2.18. The summed E-state index contributed by atoms with van der Waals surface area (Å²) in [5, 5.41) is 6.01. The summed E-state index contributed by atoms with van der Waals surface area (Å²) in [6.07, 6.45) is 1.97. The molecule has 1 aliphatic rings. The molecule has 0 heterocycles. The van der Waals surface area contributed by atoms with E-state index < -0.39 is 0 Å². The van der Waals surface area contributed by atoms with Crippen molar-refractivity contribution in [3.63, 3.8) is 0 Å². The van der Waals surface area contributed by atoms with Crippen molar-refractivity contribution in [1.29, 1.82) is 0 Å². The van der Waals surface area contributed by atoms with Gasteiger partial charge in [-0.1, -0.05) is 48.5 Å². The number of amides is 2. The summed E-state index contributed by atoms with van der Waals surface area (Å²) >= 11 is 0. The van der Waals surface area contributed by atoms with Gasteiger partial charge in [-0.25, -0.2) is 4.79 Å². The molecule has 4 heteroatoms. The molecule has 0 spiro atoms. The zero-order valence-electron chi connectivity index (χ0n) is 12.6. The number of urea groups is 1. The van der Waals surface area contributed by atoms with Gasteiger partial charge in [0, 0.05) is 12.1 Å². The van der Waals surface area contributed by atoms with Gasteiger partial charge in [-0.3, -0.25) is 0 Å². The van der Waals surface area contributed by atoms with Crippen molar-refractivity contribution in [3.8, 4) is 5.75 Å². The van der Waals surface area contributed by atoms with Crippen LogP contribution in [-0.2, 0) is 12.1 Å². The highest BCUT2D eigenvalue weighted by atomic mass is 16.5. The quantitative estimate of drug-likeness (QED) is 0.890. The lowest BCUT2D eigenvalue weighted by Crippen LogP contribution is -2.41. The number of carbonyl (C=O) groups is 1. The van der Waals surface area contributed by atoms with Gasteiger partial charge in [0.15, 0.2) is 0 Å². The van der Waals surface area contributed by atoms with Crippen LogP contribution in [0.2, 0.25) is 0 Å². The topological polar surface area (TPSA) is 50.4 Å². The van der Waals surface area contributed by atoms with E-state index in [4.69, 9.17) is 4.74 Å². The monoisotopic (exact) mass is 296 g/mol. The van der Waals surface area contributed by atoms with Crippen LogP contribution in [0.4, 0.5) is 4.79 Å². The predicted octanol–water partition coefficient (Wildman–Crippen LogP) is 3.18. The van der Waals surface area contributed by atoms with Crippen LogP contribution in [0.15, 0.2) is 54.6 Å². The molecule has 0 aliphatic heterocycles. The van der Waals surface area contributed by atoms with E-state index in [1.165, 1.54) is 5.56 Å². The Balaban J connectivity index is 1.59. The molecule has 1 aliphatic carbocycles. The average Bonchev–Trinajstić information content (AvgIpc) is 3.35. The maximum atomic E-state index is 12.2. The number of rotatable bonds is 5. The van der Waals surface area contributed by atoms with Crippen molar-refractivity contribution in [3.05, 3.63) is 65.7 Å². The van der Waals surface area contributed by atoms with Crippen LogP contribution < -0.4 is 15.4 Å². The number of hydrogen-bond acceptors (Lipinski definition) is 2. The molecule has 0 aromatic heterocycles. The van der Waals surface area contributed by atoms with Gasteiger partial charge in [0.1, 0.15) is 5.75 Å². The van der Waals surface area contributed by atoms with Gasteiger partial charge in [0.2, 0.25) is 0 Å². The highest BCUT2D eigenvalue weighted by Crippen LogP contribution is 2.45. The molecule has 2 aromatic rings. The summed E-state index contributed by atoms with van der Waals surface area (Å²) in [5.74, 6) is 0.784. The third kappa shape index (κ3) is 3.06. The molecule has 1 fully saturated rings. The lowest BCUT2D eigenvalue weighted by atomic mass is 10.1. The first-order chi connectivity index (χ1) is 10.7. The second-order valence-electron chi connectivity index (χ2n) is 5.57. The van der Waals surface area contributed by atoms with Gasteiger partial charge < -0.3 is 15.4 Å². The molecule has 4 nitrogen and oxygen atoms in total. The predicted molar refractivity (Wildman–Crippen MR) is 85.7 cm³/mol. The number of methoxy groups -OCH3 is 1. The fourth-order valence-corrected chi connectivity index (χ4v) is 2.65. The van der Waals surface area contributed by atoms with E-state index in [1.54, 1.807) is 7.11 Å². The third-order valence-electron chi connectivity index (χ3n) is 4.06. The lowest BCUT2D eigenvalue weighted by molar-refractivity contribution is 0.235. The van der Waals surface area contributed by atoms with Crippen LogP contribution in [-0.4, -0.2) is 13.1 Å². The van der Waals surface area contributed by atoms with Gasteiger partial charge in [0.05, 0.1) is 12.6 Å². The van der Waals surface area contributed by atoms with E-state index in [-0.39, 0.29) is 11.6 Å². The van der Waals surface area contributed by atoms with Crippen molar-refractivity contribution < 1.29 is 9.53 Å². The molecular formula is C18H20N2O2. The van der Waals surface area contributed by atoms with E-state index in [9.17, 15) is 4.79 Å². The smallest absolute Gasteiger partial charge is 0.315 e. The Bertz CT molecular complexity index is 651. The van der Waals surface area contributed by atoms with Crippen molar-refractivity contribution in [2.45, 2.75) is 24.9 Å². The standard InChI is InChI=1S/C18H20N2O2/c1-22-16-10-6-5-7-14(16)13-19-17(21)20-18(11-12-18)15-8-3-2-4-9-15/h2-10H,11-13H2,1H3,(H2,19,20,21). The zero-order chi connectivity index (χ0) is 15.4. The molecule has 22 heavy (non-hydrogen) atoms. The van der Waals surface area contributed by atoms with E-state index in [1.807, 2.05) is 42.5 Å². The van der Waals surface area contributed by atoms with Gasteiger partial charge in [0.25, 0.3) is 0 Å². The Labute approximate surface area is 130 Å². The summed E-state index contributed by atoms with van der Waals surface area (Å²) in [4.78, 5) is 12.2. The van der Waals surface area contributed by atoms with E-state index in [0.717, 1.165) is 24.2 Å². The molecule has 0 atom stereocenters. The highest BCUT2D eigenvalue weighted by molar-refractivity contribution is 5.75. The molecule has 2 N–H and O–H groups in total. The fraction of sp³-hybridized carbons (Fsp3) is 0.278. The van der Waals surface area contributed by atoms with Gasteiger partial charge in [-0.05, 0) is 24.5 Å². The molecule has 0 radical (unpaired) electrons. The Morgan fingerprint density at radius 2 is 1.77 bits per heavy atom. The maximum absolute atomic E-state index is 12.2. The van der Waals surface area contributed by atoms with Crippen LogP contribution in [0, 0.1) is 0 Å². The molecule has 0 unspecified atom stereocenters. The molecule has 2 aromatic carbocycles. The maximum Gasteiger partial charge on any atom is 0.315 e. The minimum absolute atomic E-state index is 0.146. The molecule has 2 amide bonds. The summed E-state index contributed by atoms with van der Waals surface area (Å²) in [6.45, 7) is 0.445. The minimum Gasteiger partial charge on any atom is -0.496 e. The second-order valence-corrected chi connectivity index (χ2v) is 5.57. The van der Waals surface area contributed by atoms with Crippen LogP contribution in [0.25, 0.3) is 0 Å². The Morgan fingerprint density at radius 3 is 2.45 bits per heavy atom. The molecular weight excluding hydrogens is 276 g/mol. The number of nitrogens with one attached hydrogen (secondary N) is 2. The zero-order valence-corrected chi connectivity index (χ0v) is 12.6.